The van der Waals surface area contributed by atoms with E-state index in [2.05, 4.69) is 59.8 Å². The van der Waals surface area contributed by atoms with Gasteiger partial charge in [0.15, 0.2) is 0 Å². The molecule has 2 N–H and O–H groups in total. The zero-order chi connectivity index (χ0) is 22.3. The van der Waals surface area contributed by atoms with Gasteiger partial charge in [-0.1, -0.05) is 73.7 Å². The third-order valence-electron chi connectivity index (χ3n) is 6.07. The van der Waals surface area contributed by atoms with Crippen molar-refractivity contribution in [1.82, 2.24) is 10.3 Å². The van der Waals surface area contributed by atoms with E-state index in [-0.39, 0.29) is 11.8 Å². The van der Waals surface area contributed by atoms with Crippen LogP contribution in [0.2, 0.25) is 0 Å². The summed E-state index contributed by atoms with van der Waals surface area (Å²) >= 11 is 0. The topological polar surface area (TPSA) is 54.1 Å². The van der Waals surface area contributed by atoms with Crippen molar-refractivity contribution in [2.24, 2.45) is 0 Å². The molecule has 4 heteroatoms. The molecule has 1 aromatic heterocycles. The lowest BCUT2D eigenvalue weighted by Gasteiger charge is -2.20. The standard InChI is InChI=1S/C28H30N2O2/c1-3-21-12-9-14-23-25(19-30-28(21)23)24(22-13-7-8-15-26(22)32-2)18-27(31)29-17-16-20-10-5-4-6-11-20/h4-15,19,24,30H,3,16-18H2,1-2H3,(H,29,31). The number of ether oxygens (including phenoxy) is 1. The van der Waals surface area contributed by atoms with E-state index in [4.69, 9.17) is 4.74 Å². The van der Waals surface area contributed by atoms with Crippen molar-refractivity contribution in [2.45, 2.75) is 32.1 Å². The summed E-state index contributed by atoms with van der Waals surface area (Å²) in [5.74, 6) is 0.733. The molecule has 0 aliphatic heterocycles. The first-order valence-electron chi connectivity index (χ1n) is 11.2. The summed E-state index contributed by atoms with van der Waals surface area (Å²) in [7, 11) is 1.68. The van der Waals surface area contributed by atoms with Crippen molar-refractivity contribution in [3.63, 3.8) is 0 Å². The van der Waals surface area contributed by atoms with Gasteiger partial charge < -0.3 is 15.0 Å². The highest BCUT2D eigenvalue weighted by atomic mass is 16.5. The van der Waals surface area contributed by atoms with Gasteiger partial charge in [0.1, 0.15) is 5.75 Å². The van der Waals surface area contributed by atoms with Crippen LogP contribution in [0, 0.1) is 0 Å². The lowest BCUT2D eigenvalue weighted by Crippen LogP contribution is -2.27. The number of benzene rings is 3. The fraction of sp³-hybridized carbons (Fsp3) is 0.250. The number of nitrogens with one attached hydrogen (secondary N) is 2. The molecule has 1 atom stereocenters. The highest BCUT2D eigenvalue weighted by molar-refractivity contribution is 5.88. The summed E-state index contributed by atoms with van der Waals surface area (Å²) in [5, 5.41) is 4.28. The molecule has 4 nitrogen and oxygen atoms in total. The first kappa shape index (κ1) is 21.7. The highest BCUT2D eigenvalue weighted by Crippen LogP contribution is 2.38. The van der Waals surface area contributed by atoms with Gasteiger partial charge in [-0.05, 0) is 35.6 Å². The van der Waals surface area contributed by atoms with Crippen LogP contribution >= 0.6 is 0 Å². The van der Waals surface area contributed by atoms with Gasteiger partial charge in [-0.15, -0.1) is 0 Å². The summed E-state index contributed by atoms with van der Waals surface area (Å²) < 4.78 is 5.66. The Labute approximate surface area is 189 Å². The zero-order valence-corrected chi connectivity index (χ0v) is 18.7. The maximum absolute atomic E-state index is 13.0. The van der Waals surface area contributed by atoms with Crippen LogP contribution in [0.1, 0.15) is 41.5 Å². The third-order valence-corrected chi connectivity index (χ3v) is 6.07. The minimum atomic E-state index is -0.108. The van der Waals surface area contributed by atoms with E-state index < -0.39 is 0 Å². The number of hydrogen-bond donors (Lipinski definition) is 2. The molecule has 0 aliphatic carbocycles. The molecule has 0 bridgehead atoms. The Hall–Kier alpha value is -3.53. The van der Waals surface area contributed by atoms with Crippen LogP contribution < -0.4 is 10.1 Å². The molecule has 1 amide bonds. The second kappa shape index (κ2) is 10.2. The number of aromatic nitrogens is 1. The molecule has 0 fully saturated rings. The number of aryl methyl sites for hydroxylation is 1. The zero-order valence-electron chi connectivity index (χ0n) is 18.7. The summed E-state index contributed by atoms with van der Waals surface area (Å²) in [6.07, 6.45) is 4.19. The van der Waals surface area contributed by atoms with E-state index in [1.807, 2.05) is 36.4 Å². The first-order valence-corrected chi connectivity index (χ1v) is 11.2. The molecular weight excluding hydrogens is 396 g/mol. The van der Waals surface area contributed by atoms with Gasteiger partial charge in [0, 0.05) is 41.5 Å². The van der Waals surface area contributed by atoms with Crippen LogP contribution in [-0.2, 0) is 17.6 Å². The Kier molecular flexibility index (Phi) is 6.90. The molecule has 0 spiro atoms. The van der Waals surface area contributed by atoms with Gasteiger partial charge in [0.25, 0.3) is 0 Å². The van der Waals surface area contributed by atoms with E-state index in [1.54, 1.807) is 7.11 Å². The molecule has 0 radical (unpaired) electrons. The molecular formula is C28H30N2O2. The van der Waals surface area contributed by atoms with E-state index in [1.165, 1.54) is 11.1 Å². The second-order valence-electron chi connectivity index (χ2n) is 8.02. The van der Waals surface area contributed by atoms with E-state index in [9.17, 15) is 4.79 Å². The highest BCUT2D eigenvalue weighted by Gasteiger charge is 2.24. The summed E-state index contributed by atoms with van der Waals surface area (Å²) in [6, 6.07) is 24.6. The minimum absolute atomic E-state index is 0.0397. The number of amides is 1. The van der Waals surface area contributed by atoms with Gasteiger partial charge in [-0.3, -0.25) is 4.79 Å². The molecule has 0 aliphatic rings. The molecule has 164 valence electrons. The fourth-order valence-corrected chi connectivity index (χ4v) is 4.41. The Morgan fingerprint density at radius 1 is 0.969 bits per heavy atom. The number of aromatic amines is 1. The molecule has 0 saturated heterocycles. The van der Waals surface area contributed by atoms with E-state index in [0.717, 1.165) is 40.6 Å². The summed E-state index contributed by atoms with van der Waals surface area (Å²) in [4.78, 5) is 16.5. The number of H-pyrrole nitrogens is 1. The van der Waals surface area contributed by atoms with Crippen molar-refractivity contribution >= 4 is 16.8 Å². The maximum Gasteiger partial charge on any atom is 0.220 e. The molecule has 1 unspecified atom stereocenters. The number of methoxy groups -OCH3 is 1. The van der Waals surface area contributed by atoms with Crippen molar-refractivity contribution in [3.05, 3.63) is 101 Å². The average molecular weight is 427 g/mol. The molecule has 4 rings (SSSR count). The van der Waals surface area contributed by atoms with Crippen molar-refractivity contribution in [2.75, 3.05) is 13.7 Å². The summed E-state index contributed by atoms with van der Waals surface area (Å²) in [5.41, 5.74) is 5.79. The SMILES string of the molecule is CCc1cccc2c(C(CC(=O)NCCc3ccccc3)c3ccccc3OC)c[nH]c12. The van der Waals surface area contributed by atoms with Crippen LogP contribution in [-0.4, -0.2) is 24.5 Å². The van der Waals surface area contributed by atoms with Crippen molar-refractivity contribution < 1.29 is 9.53 Å². The Bertz CT molecular complexity index is 1180. The number of hydrogen-bond acceptors (Lipinski definition) is 2. The summed E-state index contributed by atoms with van der Waals surface area (Å²) in [6.45, 7) is 2.78. The number of carbonyl (C=O) groups excluding carboxylic acids is 1. The molecule has 32 heavy (non-hydrogen) atoms. The van der Waals surface area contributed by atoms with Crippen LogP contribution in [0.3, 0.4) is 0 Å². The minimum Gasteiger partial charge on any atom is -0.496 e. The average Bonchev–Trinajstić information content (AvgIpc) is 3.27. The molecule has 1 heterocycles. The van der Waals surface area contributed by atoms with Crippen LogP contribution in [0.15, 0.2) is 79.0 Å². The number of fused-ring (bicyclic) bond motifs is 1. The van der Waals surface area contributed by atoms with Crippen LogP contribution in [0.4, 0.5) is 0 Å². The fourth-order valence-electron chi connectivity index (χ4n) is 4.41. The van der Waals surface area contributed by atoms with E-state index >= 15 is 0 Å². The molecule has 0 saturated carbocycles. The number of carbonyl (C=O) groups is 1. The largest absolute Gasteiger partial charge is 0.496 e. The van der Waals surface area contributed by atoms with Gasteiger partial charge in [0.05, 0.1) is 7.11 Å². The Morgan fingerprint density at radius 3 is 2.53 bits per heavy atom. The maximum atomic E-state index is 13.0. The van der Waals surface area contributed by atoms with Crippen LogP contribution in [0.5, 0.6) is 5.75 Å². The van der Waals surface area contributed by atoms with Gasteiger partial charge in [0.2, 0.25) is 5.91 Å². The van der Waals surface area contributed by atoms with Crippen LogP contribution in [0.25, 0.3) is 10.9 Å². The predicted octanol–water partition coefficient (Wildman–Crippen LogP) is 5.62. The van der Waals surface area contributed by atoms with Gasteiger partial charge in [-0.25, -0.2) is 0 Å². The second-order valence-corrected chi connectivity index (χ2v) is 8.02. The number of rotatable bonds is 9. The normalized spacial score (nSPS) is 11.9. The number of para-hydroxylation sites is 2. The lowest BCUT2D eigenvalue weighted by atomic mass is 9.87. The quantitative estimate of drug-likeness (QED) is 0.365. The smallest absolute Gasteiger partial charge is 0.220 e. The van der Waals surface area contributed by atoms with Gasteiger partial charge >= 0.3 is 0 Å². The molecule has 4 aromatic rings. The first-order chi connectivity index (χ1) is 15.7. The van der Waals surface area contributed by atoms with Crippen molar-refractivity contribution in [1.29, 1.82) is 0 Å². The van der Waals surface area contributed by atoms with Gasteiger partial charge in [-0.2, -0.15) is 0 Å². The third kappa shape index (κ3) is 4.70. The molecule has 3 aromatic carbocycles. The lowest BCUT2D eigenvalue weighted by molar-refractivity contribution is -0.121. The Balaban J connectivity index is 1.61. The van der Waals surface area contributed by atoms with Crippen molar-refractivity contribution in [3.8, 4) is 5.75 Å². The predicted molar refractivity (Wildman–Crippen MR) is 130 cm³/mol. The Morgan fingerprint density at radius 2 is 1.75 bits per heavy atom. The van der Waals surface area contributed by atoms with E-state index in [0.29, 0.717) is 13.0 Å². The monoisotopic (exact) mass is 426 g/mol.